The quantitative estimate of drug-likeness (QED) is 0.827. The fraction of sp³-hybridized carbons (Fsp3) is 0.538. The summed E-state index contributed by atoms with van der Waals surface area (Å²) in [4.78, 5) is 0. The first-order valence-corrected chi connectivity index (χ1v) is 5.98. The largest absolute Gasteiger partial charge is 0.382 e. The van der Waals surface area contributed by atoms with E-state index in [1.165, 1.54) is 5.56 Å². The molecule has 0 saturated heterocycles. The fourth-order valence-electron chi connectivity index (χ4n) is 1.84. The van der Waals surface area contributed by atoms with Crippen molar-refractivity contribution < 1.29 is 4.74 Å². The summed E-state index contributed by atoms with van der Waals surface area (Å²) in [7, 11) is 3.72. The van der Waals surface area contributed by atoms with E-state index in [0.29, 0.717) is 5.92 Å². The van der Waals surface area contributed by atoms with Gasteiger partial charge in [0.15, 0.2) is 0 Å². The Kier molecular flexibility index (Phi) is 5.81. The second-order valence-electron chi connectivity index (χ2n) is 4.09. The number of rotatable bonds is 6. The molecule has 2 unspecified atom stereocenters. The van der Waals surface area contributed by atoms with Crippen LogP contribution in [0.25, 0.3) is 0 Å². The minimum Gasteiger partial charge on any atom is -0.382 e. The van der Waals surface area contributed by atoms with Crippen molar-refractivity contribution in [2.24, 2.45) is 0 Å². The van der Waals surface area contributed by atoms with Crippen LogP contribution in [0.4, 0.5) is 0 Å². The van der Waals surface area contributed by atoms with Gasteiger partial charge in [0, 0.05) is 18.7 Å². The monoisotopic (exact) mass is 241 g/mol. The topological polar surface area (TPSA) is 21.3 Å². The highest BCUT2D eigenvalue weighted by Crippen LogP contribution is 2.24. The highest BCUT2D eigenvalue weighted by Gasteiger charge is 2.14. The first kappa shape index (κ1) is 13.5. The van der Waals surface area contributed by atoms with Crippen molar-refractivity contribution >= 4 is 11.6 Å². The van der Waals surface area contributed by atoms with Gasteiger partial charge in [-0.15, -0.1) is 0 Å². The fourth-order valence-corrected chi connectivity index (χ4v) is 2.04. The van der Waals surface area contributed by atoms with Crippen LogP contribution in [0.2, 0.25) is 5.02 Å². The highest BCUT2D eigenvalue weighted by molar-refractivity contribution is 6.30. The van der Waals surface area contributed by atoms with Gasteiger partial charge in [-0.05, 0) is 44.0 Å². The molecule has 1 aromatic carbocycles. The molecule has 16 heavy (non-hydrogen) atoms. The second-order valence-corrected chi connectivity index (χ2v) is 4.53. The molecular formula is C13H20ClNO. The van der Waals surface area contributed by atoms with Crippen LogP contribution in [0.5, 0.6) is 0 Å². The van der Waals surface area contributed by atoms with E-state index in [1.807, 2.05) is 25.2 Å². The third-order valence-electron chi connectivity index (χ3n) is 2.79. The van der Waals surface area contributed by atoms with Gasteiger partial charge in [0.25, 0.3) is 0 Å². The molecule has 0 radical (unpaired) electrons. The number of ether oxygens (including phenoxy) is 1. The Morgan fingerprint density at radius 3 is 2.75 bits per heavy atom. The van der Waals surface area contributed by atoms with Gasteiger partial charge in [-0.1, -0.05) is 23.7 Å². The van der Waals surface area contributed by atoms with Gasteiger partial charge in [-0.2, -0.15) is 0 Å². The lowest BCUT2D eigenvalue weighted by Gasteiger charge is -2.20. The predicted octanol–water partition coefficient (Wildman–Crippen LogP) is 3.07. The molecule has 0 amide bonds. The van der Waals surface area contributed by atoms with Crippen LogP contribution in [0.3, 0.4) is 0 Å². The van der Waals surface area contributed by atoms with Crippen molar-refractivity contribution in [3.05, 3.63) is 34.9 Å². The molecule has 3 heteroatoms. The van der Waals surface area contributed by atoms with Gasteiger partial charge < -0.3 is 10.1 Å². The van der Waals surface area contributed by atoms with Crippen molar-refractivity contribution in [3.63, 3.8) is 0 Å². The Morgan fingerprint density at radius 1 is 1.44 bits per heavy atom. The van der Waals surface area contributed by atoms with Crippen molar-refractivity contribution in [3.8, 4) is 0 Å². The van der Waals surface area contributed by atoms with Gasteiger partial charge in [-0.3, -0.25) is 0 Å². The highest BCUT2D eigenvalue weighted by atomic mass is 35.5. The van der Waals surface area contributed by atoms with E-state index in [-0.39, 0.29) is 6.10 Å². The molecule has 2 nitrogen and oxygen atoms in total. The predicted molar refractivity (Wildman–Crippen MR) is 69.2 cm³/mol. The van der Waals surface area contributed by atoms with Crippen molar-refractivity contribution in [2.75, 3.05) is 20.7 Å². The number of likely N-dealkylation sites (N-methyl/N-ethyl adjacent to an activating group) is 1. The van der Waals surface area contributed by atoms with E-state index >= 15 is 0 Å². The number of methoxy groups -OCH3 is 1. The van der Waals surface area contributed by atoms with E-state index in [1.54, 1.807) is 7.11 Å². The maximum Gasteiger partial charge on any atom is 0.0549 e. The van der Waals surface area contributed by atoms with Gasteiger partial charge in [0.05, 0.1) is 6.10 Å². The lowest BCUT2D eigenvalue weighted by Crippen LogP contribution is -2.21. The molecule has 0 aliphatic carbocycles. The van der Waals surface area contributed by atoms with Gasteiger partial charge in [-0.25, -0.2) is 0 Å². The summed E-state index contributed by atoms with van der Waals surface area (Å²) in [6, 6.07) is 8.06. The third-order valence-corrected chi connectivity index (χ3v) is 3.02. The van der Waals surface area contributed by atoms with Gasteiger partial charge in [0.2, 0.25) is 0 Å². The number of hydrogen-bond acceptors (Lipinski definition) is 2. The number of nitrogens with one attached hydrogen (secondary N) is 1. The lowest BCUT2D eigenvalue weighted by atomic mass is 9.93. The Bertz CT molecular complexity index is 317. The van der Waals surface area contributed by atoms with Crippen molar-refractivity contribution in [1.82, 2.24) is 5.32 Å². The second kappa shape index (κ2) is 6.89. The lowest BCUT2D eigenvalue weighted by molar-refractivity contribution is 0.104. The van der Waals surface area contributed by atoms with Crippen LogP contribution in [0.15, 0.2) is 24.3 Å². The maximum atomic E-state index is 6.01. The van der Waals surface area contributed by atoms with Crippen LogP contribution in [-0.2, 0) is 4.74 Å². The first-order chi connectivity index (χ1) is 7.67. The van der Waals surface area contributed by atoms with E-state index in [4.69, 9.17) is 16.3 Å². The maximum absolute atomic E-state index is 6.01. The van der Waals surface area contributed by atoms with Crippen molar-refractivity contribution in [1.29, 1.82) is 0 Å². The van der Waals surface area contributed by atoms with E-state index in [9.17, 15) is 0 Å². The molecule has 0 bridgehead atoms. The normalized spacial score (nSPS) is 14.8. The first-order valence-electron chi connectivity index (χ1n) is 5.60. The zero-order valence-electron chi connectivity index (χ0n) is 10.2. The van der Waals surface area contributed by atoms with Gasteiger partial charge in [0.1, 0.15) is 0 Å². The third kappa shape index (κ3) is 4.12. The van der Waals surface area contributed by atoms with Crippen LogP contribution < -0.4 is 5.32 Å². The summed E-state index contributed by atoms with van der Waals surface area (Å²) in [6.07, 6.45) is 1.26. The number of hydrogen-bond donors (Lipinski definition) is 1. The summed E-state index contributed by atoms with van der Waals surface area (Å²) in [5.74, 6) is 0.443. The SMILES string of the molecule is CNCC(CC(C)OC)c1cccc(Cl)c1. The Balaban J connectivity index is 2.76. The average molecular weight is 242 g/mol. The zero-order chi connectivity index (χ0) is 12.0. The van der Waals surface area contributed by atoms with Gasteiger partial charge >= 0.3 is 0 Å². The molecule has 0 aliphatic heterocycles. The standard InChI is InChI=1S/C13H20ClNO/c1-10(16-3)7-12(9-15-2)11-5-4-6-13(14)8-11/h4-6,8,10,12,15H,7,9H2,1-3H3. The molecule has 1 aromatic rings. The molecule has 90 valence electrons. The van der Waals surface area contributed by atoms with Crippen LogP contribution in [0.1, 0.15) is 24.8 Å². The molecule has 0 spiro atoms. The Labute approximate surface area is 103 Å². The van der Waals surface area contributed by atoms with Crippen LogP contribution in [0, 0.1) is 0 Å². The van der Waals surface area contributed by atoms with E-state index in [0.717, 1.165) is 18.0 Å². The van der Waals surface area contributed by atoms with Crippen molar-refractivity contribution in [2.45, 2.75) is 25.4 Å². The van der Waals surface area contributed by atoms with Crippen LogP contribution in [-0.4, -0.2) is 26.8 Å². The summed E-state index contributed by atoms with van der Waals surface area (Å²) in [6.45, 7) is 3.03. The molecule has 0 saturated carbocycles. The molecule has 0 aliphatic rings. The molecule has 1 N–H and O–H groups in total. The minimum atomic E-state index is 0.261. The molecule has 0 fully saturated rings. The molecule has 2 atom stereocenters. The summed E-state index contributed by atoms with van der Waals surface area (Å²) in [5, 5.41) is 4.01. The number of benzene rings is 1. The Morgan fingerprint density at radius 2 is 2.19 bits per heavy atom. The zero-order valence-corrected chi connectivity index (χ0v) is 10.9. The minimum absolute atomic E-state index is 0.261. The smallest absolute Gasteiger partial charge is 0.0549 e. The number of halogens is 1. The molecule has 0 heterocycles. The average Bonchev–Trinajstić information content (AvgIpc) is 2.28. The molecule has 1 rings (SSSR count). The summed E-state index contributed by atoms with van der Waals surface area (Å²) in [5.41, 5.74) is 1.27. The summed E-state index contributed by atoms with van der Waals surface area (Å²) >= 11 is 6.01. The van der Waals surface area contributed by atoms with E-state index < -0.39 is 0 Å². The molecule has 0 aromatic heterocycles. The molecular weight excluding hydrogens is 222 g/mol. The Hall–Kier alpha value is -0.570. The summed E-state index contributed by atoms with van der Waals surface area (Å²) < 4.78 is 5.32. The van der Waals surface area contributed by atoms with E-state index in [2.05, 4.69) is 18.3 Å². The van der Waals surface area contributed by atoms with Crippen LogP contribution >= 0.6 is 11.6 Å².